The predicted octanol–water partition coefficient (Wildman–Crippen LogP) is 2.06. The number of halogens is 3. The number of carboxylic acid groups (broad SMARTS) is 1. The van der Waals surface area contributed by atoms with Gasteiger partial charge in [0.25, 0.3) is 10.1 Å². The van der Waals surface area contributed by atoms with Crippen LogP contribution in [-0.2, 0) is 19.1 Å². The van der Waals surface area contributed by atoms with Gasteiger partial charge in [-0.2, -0.15) is 8.42 Å². The molecule has 18 heavy (non-hydrogen) atoms. The molecule has 0 radical (unpaired) electrons. The maximum Gasteiger partial charge on any atom is 0.307 e. The lowest BCUT2D eigenvalue weighted by Crippen LogP contribution is -2.35. The van der Waals surface area contributed by atoms with Gasteiger partial charge in [-0.15, -0.1) is 0 Å². The number of carbonyl (C=O) groups is 1. The average Bonchev–Trinajstić information content (AvgIpc) is 2.60. The molecule has 0 aliphatic heterocycles. The summed E-state index contributed by atoms with van der Waals surface area (Å²) >= 11 is 17.1. The lowest BCUT2D eigenvalue weighted by atomic mass is 10.1. The Morgan fingerprint density at radius 3 is 2.06 bits per heavy atom. The van der Waals surface area contributed by atoms with E-state index < -0.39 is 43.2 Å². The molecule has 9 heteroatoms. The van der Waals surface area contributed by atoms with E-state index in [1.807, 2.05) is 0 Å². The van der Waals surface area contributed by atoms with E-state index in [1.165, 1.54) is 0 Å². The van der Waals surface area contributed by atoms with Crippen LogP contribution in [0, 0.1) is 17.3 Å². The van der Waals surface area contributed by atoms with Crippen molar-refractivity contribution in [1.82, 2.24) is 0 Å². The second kappa shape index (κ2) is 4.66. The first-order valence-electron chi connectivity index (χ1n) is 4.96. The largest absolute Gasteiger partial charge is 0.481 e. The second-order valence-corrected chi connectivity index (χ2v) is 8.90. The predicted molar refractivity (Wildman–Crippen MR) is 68.4 cm³/mol. The van der Waals surface area contributed by atoms with Gasteiger partial charge in [0, 0.05) is 5.92 Å². The molecule has 0 aromatic carbocycles. The van der Waals surface area contributed by atoms with E-state index in [0.29, 0.717) is 0 Å². The lowest BCUT2D eigenvalue weighted by Gasteiger charge is -2.24. The van der Waals surface area contributed by atoms with Gasteiger partial charge >= 0.3 is 5.97 Å². The van der Waals surface area contributed by atoms with Gasteiger partial charge < -0.3 is 5.11 Å². The third-order valence-electron chi connectivity index (χ3n) is 3.10. The van der Waals surface area contributed by atoms with Gasteiger partial charge in [-0.1, -0.05) is 48.7 Å². The van der Waals surface area contributed by atoms with Gasteiger partial charge in [0.1, 0.15) is 6.10 Å². The Morgan fingerprint density at radius 1 is 1.39 bits per heavy atom. The first kappa shape index (κ1) is 16.3. The monoisotopic (exact) mass is 338 g/mol. The summed E-state index contributed by atoms with van der Waals surface area (Å²) in [7, 11) is -3.86. The zero-order valence-electron chi connectivity index (χ0n) is 9.85. The summed E-state index contributed by atoms with van der Waals surface area (Å²) in [6.07, 6.45) is -0.504. The minimum absolute atomic E-state index is 0.683. The van der Waals surface area contributed by atoms with Crippen LogP contribution < -0.4 is 0 Å². The van der Waals surface area contributed by atoms with Crippen LogP contribution >= 0.6 is 34.8 Å². The van der Waals surface area contributed by atoms with Crippen molar-refractivity contribution in [2.45, 2.75) is 23.7 Å². The van der Waals surface area contributed by atoms with Crippen molar-refractivity contribution in [3.63, 3.8) is 0 Å². The Balaban J connectivity index is 3.05. The highest BCUT2D eigenvalue weighted by molar-refractivity contribution is 7.86. The Kier molecular flexibility index (Phi) is 4.23. The van der Waals surface area contributed by atoms with E-state index in [0.717, 1.165) is 6.26 Å². The van der Waals surface area contributed by atoms with Gasteiger partial charge in [0.05, 0.1) is 12.2 Å². The van der Waals surface area contributed by atoms with Crippen molar-refractivity contribution < 1.29 is 22.5 Å². The first-order chi connectivity index (χ1) is 7.78. The Bertz CT molecular complexity index is 453. The Hall–Kier alpha value is 0.250. The average molecular weight is 340 g/mol. The number of rotatable bonds is 4. The fourth-order valence-corrected chi connectivity index (χ4v) is 3.56. The zero-order valence-corrected chi connectivity index (χ0v) is 12.9. The lowest BCUT2D eigenvalue weighted by molar-refractivity contribution is -0.139. The summed E-state index contributed by atoms with van der Waals surface area (Å²) in [6, 6.07) is 0. The molecule has 1 N–H and O–H groups in total. The molecule has 0 aromatic heterocycles. The number of hydrogen-bond acceptors (Lipinski definition) is 4. The van der Waals surface area contributed by atoms with Crippen LogP contribution in [-0.4, -0.2) is 35.6 Å². The summed E-state index contributed by atoms with van der Waals surface area (Å²) in [5, 5.41) is 9.04. The van der Waals surface area contributed by atoms with Crippen molar-refractivity contribution in [2.24, 2.45) is 17.3 Å². The topological polar surface area (TPSA) is 80.7 Å². The Labute approximate surface area is 120 Å². The molecule has 1 fully saturated rings. The molecule has 1 aliphatic rings. The molecule has 0 unspecified atom stereocenters. The second-order valence-electron chi connectivity index (χ2n) is 4.93. The Morgan fingerprint density at radius 2 is 1.83 bits per heavy atom. The van der Waals surface area contributed by atoms with Crippen LogP contribution in [0.1, 0.15) is 13.8 Å². The number of aliphatic carboxylic acids is 1. The first-order valence-corrected chi connectivity index (χ1v) is 7.91. The molecule has 0 saturated heterocycles. The van der Waals surface area contributed by atoms with E-state index >= 15 is 0 Å². The summed E-state index contributed by atoms with van der Waals surface area (Å²) in [4.78, 5) is 11.1. The molecule has 0 amide bonds. The summed E-state index contributed by atoms with van der Waals surface area (Å²) in [5.41, 5.74) is -0.689. The molecule has 0 heterocycles. The highest BCUT2D eigenvalue weighted by Crippen LogP contribution is 2.63. The molecule has 3 atom stereocenters. The molecule has 0 aromatic rings. The molecule has 0 bridgehead atoms. The van der Waals surface area contributed by atoms with Crippen LogP contribution in [0.3, 0.4) is 0 Å². The molecule has 1 rings (SSSR count). The van der Waals surface area contributed by atoms with Crippen molar-refractivity contribution in [1.29, 1.82) is 0 Å². The van der Waals surface area contributed by atoms with Gasteiger partial charge in [0.15, 0.2) is 0 Å². The highest BCUT2D eigenvalue weighted by Gasteiger charge is 2.69. The molecule has 1 aliphatic carbocycles. The van der Waals surface area contributed by atoms with Gasteiger partial charge in [-0.25, -0.2) is 0 Å². The fourth-order valence-electron chi connectivity index (χ4n) is 2.22. The van der Waals surface area contributed by atoms with Crippen LogP contribution in [0.15, 0.2) is 0 Å². The van der Waals surface area contributed by atoms with Crippen LogP contribution in [0.5, 0.6) is 0 Å². The standard InChI is InChI=1S/C9H13Cl3O5S/c1-8(2)4(5(8)7(13)14)6(9(10,11)12)17-18(3,15)16/h4-6H,1-3H3,(H,13,14)/t4-,5+,6+/m1/s1. The molecule has 106 valence electrons. The van der Waals surface area contributed by atoms with E-state index in [-0.39, 0.29) is 0 Å². The van der Waals surface area contributed by atoms with Gasteiger partial charge in [-0.3, -0.25) is 8.98 Å². The van der Waals surface area contributed by atoms with Crippen LogP contribution in [0.25, 0.3) is 0 Å². The molecule has 1 saturated carbocycles. The number of hydrogen-bond donors (Lipinski definition) is 1. The van der Waals surface area contributed by atoms with Gasteiger partial charge in [0.2, 0.25) is 3.79 Å². The summed E-state index contributed by atoms with van der Waals surface area (Å²) in [5.74, 6) is -2.56. The van der Waals surface area contributed by atoms with E-state index in [1.54, 1.807) is 13.8 Å². The summed E-state index contributed by atoms with van der Waals surface area (Å²) < 4.78 is 25.1. The molecular weight excluding hydrogens is 327 g/mol. The molecule has 0 spiro atoms. The maximum atomic E-state index is 11.2. The maximum absolute atomic E-state index is 11.2. The third-order valence-corrected chi connectivity index (χ3v) is 4.31. The zero-order chi connectivity index (χ0) is 14.5. The van der Waals surface area contributed by atoms with Crippen molar-refractivity contribution in [2.75, 3.05) is 6.26 Å². The minimum atomic E-state index is -3.86. The number of alkyl halides is 3. The normalized spacial score (nSPS) is 28.8. The van der Waals surface area contributed by atoms with E-state index in [9.17, 15) is 13.2 Å². The van der Waals surface area contributed by atoms with E-state index in [4.69, 9.17) is 44.1 Å². The molecule has 5 nitrogen and oxygen atoms in total. The van der Waals surface area contributed by atoms with Crippen LogP contribution in [0.2, 0.25) is 0 Å². The van der Waals surface area contributed by atoms with Crippen molar-refractivity contribution >= 4 is 50.9 Å². The number of carboxylic acids is 1. The summed E-state index contributed by atoms with van der Waals surface area (Å²) in [6.45, 7) is 3.32. The third kappa shape index (κ3) is 3.42. The molecular formula is C9H13Cl3O5S. The van der Waals surface area contributed by atoms with Crippen molar-refractivity contribution in [3.8, 4) is 0 Å². The minimum Gasteiger partial charge on any atom is -0.481 e. The highest BCUT2D eigenvalue weighted by atomic mass is 35.6. The van der Waals surface area contributed by atoms with Crippen molar-refractivity contribution in [3.05, 3.63) is 0 Å². The van der Waals surface area contributed by atoms with Gasteiger partial charge in [-0.05, 0) is 5.41 Å². The fraction of sp³-hybridized carbons (Fsp3) is 0.889. The quantitative estimate of drug-likeness (QED) is 0.626. The van der Waals surface area contributed by atoms with E-state index in [2.05, 4.69) is 0 Å². The SMILES string of the molecule is CC1(C)[C@@H]([C@H](OS(C)(=O)=O)C(Cl)(Cl)Cl)[C@H]1C(=O)O. The smallest absolute Gasteiger partial charge is 0.307 e. The van der Waals surface area contributed by atoms with Crippen LogP contribution in [0.4, 0.5) is 0 Å².